The molecule has 1 saturated heterocycles. The number of hydrogen-bond donors (Lipinski definition) is 0. The second kappa shape index (κ2) is 3.98. The SMILES string of the molecule is C1=Cn2c3c(c4ccccc42)[C@H]2CCCN(C2)[C@@H]3CC1. The molecule has 102 valence electrons. The molecular formula is C18H20N2. The van der Waals surface area contributed by atoms with Gasteiger partial charge in [-0.2, -0.15) is 0 Å². The topological polar surface area (TPSA) is 8.17 Å². The summed E-state index contributed by atoms with van der Waals surface area (Å²) in [5.74, 6) is 0.757. The molecule has 0 radical (unpaired) electrons. The van der Waals surface area contributed by atoms with Crippen molar-refractivity contribution in [2.45, 2.75) is 37.6 Å². The third-order valence-electron chi connectivity index (χ3n) is 5.47. The average molecular weight is 264 g/mol. The highest BCUT2D eigenvalue weighted by atomic mass is 15.2. The molecule has 0 saturated carbocycles. The van der Waals surface area contributed by atoms with E-state index in [-0.39, 0.29) is 0 Å². The summed E-state index contributed by atoms with van der Waals surface area (Å²) in [5, 5.41) is 1.51. The van der Waals surface area contributed by atoms with Crippen LogP contribution in [-0.4, -0.2) is 22.6 Å². The van der Waals surface area contributed by atoms with Gasteiger partial charge in [-0.25, -0.2) is 0 Å². The number of hydrogen-bond acceptors (Lipinski definition) is 1. The molecule has 1 fully saturated rings. The van der Waals surface area contributed by atoms with E-state index in [4.69, 9.17) is 0 Å². The lowest BCUT2D eigenvalue weighted by Crippen LogP contribution is -2.42. The summed E-state index contributed by atoms with van der Waals surface area (Å²) in [4.78, 5) is 2.75. The highest BCUT2D eigenvalue weighted by Crippen LogP contribution is 2.48. The standard InChI is InChI=1S/C18H20N2/c1-2-8-15-14(7-1)17-13-6-5-10-19(12-13)16-9-3-4-11-20(15)18(16)17/h1-2,4,7-8,11,13,16H,3,5-6,9-10,12H2/t13-,16+/m0/s1. The van der Waals surface area contributed by atoms with Crippen LogP contribution < -0.4 is 0 Å². The van der Waals surface area contributed by atoms with Crippen molar-refractivity contribution in [3.63, 3.8) is 0 Å². The second-order valence-corrected chi connectivity index (χ2v) is 6.50. The van der Waals surface area contributed by atoms with Crippen molar-refractivity contribution in [1.82, 2.24) is 9.47 Å². The Kier molecular flexibility index (Phi) is 2.22. The fraction of sp³-hybridized carbons (Fsp3) is 0.444. The van der Waals surface area contributed by atoms with Crippen molar-refractivity contribution in [3.8, 4) is 0 Å². The molecule has 0 N–H and O–H groups in total. The summed E-state index contributed by atoms with van der Waals surface area (Å²) in [5.41, 5.74) is 4.69. The number of para-hydroxylation sites is 1. The molecule has 1 aromatic carbocycles. The number of rotatable bonds is 0. The van der Waals surface area contributed by atoms with Gasteiger partial charge >= 0.3 is 0 Å². The van der Waals surface area contributed by atoms with Crippen LogP contribution in [0.2, 0.25) is 0 Å². The summed E-state index contributed by atoms with van der Waals surface area (Å²) in [7, 11) is 0. The number of nitrogens with zero attached hydrogens (tertiary/aromatic N) is 2. The lowest BCUT2D eigenvalue weighted by molar-refractivity contribution is 0.121. The Balaban J connectivity index is 1.90. The maximum atomic E-state index is 2.75. The van der Waals surface area contributed by atoms with E-state index >= 15 is 0 Å². The number of fused-ring (bicyclic) bond motifs is 7. The van der Waals surface area contributed by atoms with Crippen molar-refractivity contribution in [2.75, 3.05) is 13.1 Å². The smallest absolute Gasteiger partial charge is 0.0528 e. The quantitative estimate of drug-likeness (QED) is 0.694. The molecule has 5 rings (SSSR count). The molecule has 0 spiro atoms. The zero-order valence-electron chi connectivity index (χ0n) is 11.8. The number of aromatic nitrogens is 1. The summed E-state index contributed by atoms with van der Waals surface area (Å²) >= 11 is 0. The minimum Gasteiger partial charge on any atom is -0.319 e. The van der Waals surface area contributed by atoms with Gasteiger partial charge in [-0.3, -0.25) is 4.90 Å². The van der Waals surface area contributed by atoms with Crippen molar-refractivity contribution in [1.29, 1.82) is 0 Å². The molecule has 0 aliphatic carbocycles. The highest BCUT2D eigenvalue weighted by molar-refractivity contribution is 5.88. The van der Waals surface area contributed by atoms with E-state index in [0.29, 0.717) is 6.04 Å². The van der Waals surface area contributed by atoms with Crippen LogP contribution >= 0.6 is 0 Å². The number of benzene rings is 1. The molecule has 1 unspecified atom stereocenters. The second-order valence-electron chi connectivity index (χ2n) is 6.50. The van der Waals surface area contributed by atoms with Crippen molar-refractivity contribution < 1.29 is 0 Å². The Labute approximate surface area is 119 Å². The Morgan fingerprint density at radius 1 is 1.10 bits per heavy atom. The minimum absolute atomic E-state index is 0.643. The Morgan fingerprint density at radius 3 is 3.05 bits per heavy atom. The van der Waals surface area contributed by atoms with E-state index in [1.165, 1.54) is 49.7 Å². The van der Waals surface area contributed by atoms with Crippen molar-refractivity contribution in [3.05, 3.63) is 41.6 Å². The fourth-order valence-corrected chi connectivity index (χ4v) is 4.69. The van der Waals surface area contributed by atoms with Crippen LogP contribution in [0, 0.1) is 0 Å². The van der Waals surface area contributed by atoms with Crippen LogP contribution in [-0.2, 0) is 0 Å². The van der Waals surface area contributed by atoms with Crippen LogP contribution in [0.4, 0.5) is 0 Å². The van der Waals surface area contributed by atoms with E-state index in [0.717, 1.165) is 5.92 Å². The van der Waals surface area contributed by atoms with Gasteiger partial charge in [-0.1, -0.05) is 24.3 Å². The molecule has 2 bridgehead atoms. The van der Waals surface area contributed by atoms with Crippen molar-refractivity contribution >= 4 is 17.1 Å². The van der Waals surface area contributed by atoms with Gasteiger partial charge in [0.2, 0.25) is 0 Å². The Morgan fingerprint density at radius 2 is 2.05 bits per heavy atom. The summed E-state index contributed by atoms with van der Waals surface area (Å²) < 4.78 is 2.49. The van der Waals surface area contributed by atoms with Crippen LogP contribution in [0.5, 0.6) is 0 Å². The van der Waals surface area contributed by atoms with Crippen LogP contribution in [0.3, 0.4) is 0 Å². The van der Waals surface area contributed by atoms with Gasteiger partial charge in [0, 0.05) is 23.8 Å². The molecule has 3 aliphatic rings. The summed E-state index contributed by atoms with van der Waals surface area (Å²) in [6, 6.07) is 9.65. The molecule has 20 heavy (non-hydrogen) atoms. The normalized spacial score (nSPS) is 31.1. The first-order chi connectivity index (χ1) is 9.93. The molecule has 2 heteroatoms. The third-order valence-corrected chi connectivity index (χ3v) is 5.47. The van der Waals surface area contributed by atoms with Crippen LogP contribution in [0.1, 0.15) is 48.9 Å². The van der Waals surface area contributed by atoms with E-state index in [9.17, 15) is 0 Å². The Hall–Kier alpha value is -1.54. The zero-order chi connectivity index (χ0) is 13.1. The van der Waals surface area contributed by atoms with E-state index in [1.54, 1.807) is 11.3 Å². The van der Waals surface area contributed by atoms with E-state index < -0.39 is 0 Å². The summed E-state index contributed by atoms with van der Waals surface area (Å²) in [6.07, 6.45) is 9.91. The van der Waals surface area contributed by atoms with Gasteiger partial charge < -0.3 is 4.57 Å². The van der Waals surface area contributed by atoms with Gasteiger partial charge in [0.05, 0.1) is 11.6 Å². The molecule has 2 aromatic rings. The van der Waals surface area contributed by atoms with Gasteiger partial charge in [0.1, 0.15) is 0 Å². The highest BCUT2D eigenvalue weighted by Gasteiger charge is 2.39. The lowest BCUT2D eigenvalue weighted by atomic mass is 9.81. The molecular weight excluding hydrogens is 244 g/mol. The first-order valence-corrected chi connectivity index (χ1v) is 7.97. The maximum Gasteiger partial charge on any atom is 0.0528 e. The zero-order valence-corrected chi connectivity index (χ0v) is 11.8. The van der Waals surface area contributed by atoms with Gasteiger partial charge in [-0.05, 0) is 49.8 Å². The molecule has 4 heterocycles. The van der Waals surface area contributed by atoms with E-state index in [2.05, 4.69) is 46.0 Å². The predicted octanol–water partition coefficient (Wildman–Crippen LogP) is 4.14. The number of piperidine rings is 1. The maximum absolute atomic E-state index is 2.75. The number of allylic oxidation sites excluding steroid dienone is 1. The first-order valence-electron chi connectivity index (χ1n) is 7.97. The molecule has 3 aliphatic heterocycles. The van der Waals surface area contributed by atoms with Crippen LogP contribution in [0.25, 0.3) is 17.1 Å². The Bertz CT molecular complexity index is 710. The monoisotopic (exact) mass is 264 g/mol. The van der Waals surface area contributed by atoms with Crippen LogP contribution in [0.15, 0.2) is 30.3 Å². The van der Waals surface area contributed by atoms with Gasteiger partial charge in [0.15, 0.2) is 0 Å². The lowest BCUT2D eigenvalue weighted by Gasteiger charge is -2.43. The van der Waals surface area contributed by atoms with Gasteiger partial charge in [-0.15, -0.1) is 0 Å². The fourth-order valence-electron chi connectivity index (χ4n) is 4.69. The summed E-state index contributed by atoms with van der Waals surface area (Å²) in [6.45, 7) is 2.58. The van der Waals surface area contributed by atoms with E-state index in [1.807, 2.05) is 0 Å². The predicted molar refractivity (Wildman–Crippen MR) is 82.8 cm³/mol. The van der Waals surface area contributed by atoms with Gasteiger partial charge in [0.25, 0.3) is 0 Å². The molecule has 2 nitrogen and oxygen atoms in total. The van der Waals surface area contributed by atoms with Crippen molar-refractivity contribution in [2.24, 2.45) is 0 Å². The first kappa shape index (κ1) is 11.2. The molecule has 3 atom stereocenters. The average Bonchev–Trinajstić information content (AvgIpc) is 2.66. The third kappa shape index (κ3) is 1.33. The molecule has 0 amide bonds. The minimum atomic E-state index is 0.643. The largest absolute Gasteiger partial charge is 0.319 e. The molecule has 1 aromatic heterocycles.